The number of aromatic nitrogens is 2. The van der Waals surface area contributed by atoms with E-state index in [1.807, 2.05) is 30.3 Å². The van der Waals surface area contributed by atoms with Crippen LogP contribution in [0.1, 0.15) is 17.3 Å². The summed E-state index contributed by atoms with van der Waals surface area (Å²) in [7, 11) is 1.69. The Morgan fingerprint density at radius 3 is 2.80 bits per heavy atom. The molecule has 0 aliphatic carbocycles. The summed E-state index contributed by atoms with van der Waals surface area (Å²) in [6.07, 6.45) is 3.24. The number of rotatable bonds is 4. The van der Waals surface area contributed by atoms with Crippen molar-refractivity contribution in [3.8, 4) is 11.8 Å². The van der Waals surface area contributed by atoms with E-state index in [4.69, 9.17) is 5.26 Å². The molecule has 0 saturated carbocycles. The van der Waals surface area contributed by atoms with Crippen LogP contribution in [-0.4, -0.2) is 34.2 Å². The largest absolute Gasteiger partial charge is 0.340 e. The minimum absolute atomic E-state index is 0.130. The maximum absolute atomic E-state index is 12.2. The number of carbonyl (C=O) groups is 1. The third-order valence-corrected chi connectivity index (χ3v) is 2.97. The van der Waals surface area contributed by atoms with Gasteiger partial charge in [-0.05, 0) is 19.1 Å². The van der Waals surface area contributed by atoms with Gasteiger partial charge >= 0.3 is 0 Å². The minimum atomic E-state index is -0.187. The van der Waals surface area contributed by atoms with Crippen molar-refractivity contribution in [3.63, 3.8) is 0 Å². The number of benzene rings is 1. The zero-order chi connectivity index (χ0) is 14.5. The highest BCUT2D eigenvalue weighted by molar-refractivity contribution is 5.93. The molecular weight excluding hydrogens is 252 g/mol. The predicted molar refractivity (Wildman–Crippen MR) is 75.3 cm³/mol. The molecule has 20 heavy (non-hydrogen) atoms. The van der Waals surface area contributed by atoms with Gasteiger partial charge in [0.25, 0.3) is 5.91 Å². The number of para-hydroxylation sites is 1. The summed E-state index contributed by atoms with van der Waals surface area (Å²) in [4.78, 5) is 13.7. The molecule has 1 atom stereocenters. The summed E-state index contributed by atoms with van der Waals surface area (Å²) in [5.74, 6) is -0.317. The Kier molecular flexibility index (Phi) is 4.16. The van der Waals surface area contributed by atoms with E-state index in [-0.39, 0.29) is 11.8 Å². The van der Waals surface area contributed by atoms with Gasteiger partial charge in [-0.3, -0.25) is 4.79 Å². The molecule has 1 aromatic carbocycles. The topological polar surface area (TPSA) is 61.9 Å². The zero-order valence-corrected chi connectivity index (χ0v) is 11.5. The Bertz CT molecular complexity index is 627. The molecule has 102 valence electrons. The Labute approximate surface area is 118 Å². The molecule has 0 saturated heterocycles. The molecule has 2 rings (SSSR count). The van der Waals surface area contributed by atoms with Crippen LogP contribution >= 0.6 is 0 Å². The van der Waals surface area contributed by atoms with Crippen molar-refractivity contribution in [3.05, 3.63) is 48.3 Å². The van der Waals surface area contributed by atoms with E-state index in [2.05, 4.69) is 11.2 Å². The van der Waals surface area contributed by atoms with Crippen molar-refractivity contribution in [1.82, 2.24) is 14.7 Å². The van der Waals surface area contributed by atoms with Crippen LogP contribution in [0, 0.1) is 17.2 Å². The number of nitriles is 1. The summed E-state index contributed by atoms with van der Waals surface area (Å²) in [6.45, 7) is 2.20. The van der Waals surface area contributed by atoms with Crippen LogP contribution in [0.2, 0.25) is 0 Å². The van der Waals surface area contributed by atoms with Crippen molar-refractivity contribution >= 4 is 5.91 Å². The van der Waals surface area contributed by atoms with Crippen molar-refractivity contribution in [1.29, 1.82) is 5.26 Å². The van der Waals surface area contributed by atoms with Crippen molar-refractivity contribution < 1.29 is 4.79 Å². The first-order chi connectivity index (χ1) is 9.61. The SMILES string of the molecule is CC(C#N)CN(C)C(=O)c1cnn(-c2ccccc2)c1. The normalized spacial score (nSPS) is 11.7. The molecular formula is C15H16N4O. The Morgan fingerprint density at radius 1 is 1.45 bits per heavy atom. The van der Waals surface area contributed by atoms with E-state index < -0.39 is 0 Å². The third kappa shape index (κ3) is 3.04. The van der Waals surface area contributed by atoms with Crippen LogP contribution in [0.15, 0.2) is 42.7 Å². The summed E-state index contributed by atoms with van der Waals surface area (Å²) < 4.78 is 1.66. The second-order valence-corrected chi connectivity index (χ2v) is 4.72. The summed E-state index contributed by atoms with van der Waals surface area (Å²) >= 11 is 0. The van der Waals surface area contributed by atoms with E-state index in [0.717, 1.165) is 5.69 Å². The van der Waals surface area contributed by atoms with E-state index in [9.17, 15) is 4.79 Å². The monoisotopic (exact) mass is 268 g/mol. The fraction of sp³-hybridized carbons (Fsp3) is 0.267. The molecule has 5 heteroatoms. The lowest BCUT2D eigenvalue weighted by molar-refractivity contribution is 0.0785. The molecule has 0 aliphatic heterocycles. The lowest BCUT2D eigenvalue weighted by Gasteiger charge is -2.17. The predicted octanol–water partition coefficient (Wildman–Crippen LogP) is 2.10. The Hall–Kier alpha value is -2.61. The van der Waals surface area contributed by atoms with Gasteiger partial charge in [-0.2, -0.15) is 10.4 Å². The highest BCUT2D eigenvalue weighted by Crippen LogP contribution is 2.10. The first-order valence-corrected chi connectivity index (χ1v) is 6.37. The maximum atomic E-state index is 12.2. The molecule has 0 aliphatic rings. The van der Waals surface area contributed by atoms with Crippen LogP contribution in [-0.2, 0) is 0 Å². The van der Waals surface area contributed by atoms with E-state index in [1.54, 1.807) is 35.9 Å². The number of amides is 1. The molecule has 0 bridgehead atoms. The standard InChI is InChI=1S/C15H16N4O/c1-12(8-16)10-18(2)15(20)13-9-17-19(11-13)14-6-4-3-5-7-14/h3-7,9,11-12H,10H2,1-2H3. The maximum Gasteiger partial charge on any atom is 0.256 e. The summed E-state index contributed by atoms with van der Waals surface area (Å²) in [6, 6.07) is 11.7. The van der Waals surface area contributed by atoms with E-state index >= 15 is 0 Å². The number of carbonyl (C=O) groups excluding carboxylic acids is 1. The van der Waals surface area contributed by atoms with Gasteiger partial charge in [-0.1, -0.05) is 18.2 Å². The first-order valence-electron chi connectivity index (χ1n) is 6.37. The van der Waals surface area contributed by atoms with Crippen LogP contribution in [0.4, 0.5) is 0 Å². The summed E-state index contributed by atoms with van der Waals surface area (Å²) in [5, 5.41) is 13.0. The molecule has 1 amide bonds. The molecule has 0 spiro atoms. The molecule has 5 nitrogen and oxygen atoms in total. The van der Waals surface area contributed by atoms with Crippen molar-refractivity contribution in [2.24, 2.45) is 5.92 Å². The smallest absolute Gasteiger partial charge is 0.256 e. The molecule has 0 N–H and O–H groups in total. The first kappa shape index (κ1) is 13.8. The Balaban J connectivity index is 2.13. The van der Waals surface area contributed by atoms with Crippen molar-refractivity contribution in [2.45, 2.75) is 6.92 Å². The number of nitrogens with zero attached hydrogens (tertiary/aromatic N) is 4. The van der Waals surface area contributed by atoms with Crippen molar-refractivity contribution in [2.75, 3.05) is 13.6 Å². The van der Waals surface area contributed by atoms with Gasteiger partial charge in [0.05, 0.1) is 29.4 Å². The molecule has 1 aromatic heterocycles. The van der Waals surface area contributed by atoms with Crippen LogP contribution in [0.25, 0.3) is 5.69 Å². The quantitative estimate of drug-likeness (QED) is 0.853. The van der Waals surface area contributed by atoms with Gasteiger partial charge < -0.3 is 4.90 Å². The van der Waals surface area contributed by atoms with Gasteiger partial charge in [0.15, 0.2) is 0 Å². The highest BCUT2D eigenvalue weighted by atomic mass is 16.2. The average molecular weight is 268 g/mol. The molecule has 0 radical (unpaired) electrons. The number of hydrogen-bond acceptors (Lipinski definition) is 3. The second kappa shape index (κ2) is 6.02. The van der Waals surface area contributed by atoms with E-state index in [1.165, 1.54) is 0 Å². The number of hydrogen-bond donors (Lipinski definition) is 0. The van der Waals surface area contributed by atoms with Gasteiger partial charge in [0.1, 0.15) is 0 Å². The van der Waals surface area contributed by atoms with Gasteiger partial charge in [-0.15, -0.1) is 0 Å². The Morgan fingerprint density at radius 2 is 2.15 bits per heavy atom. The zero-order valence-electron chi connectivity index (χ0n) is 11.5. The lowest BCUT2D eigenvalue weighted by atomic mass is 10.2. The fourth-order valence-electron chi connectivity index (χ4n) is 1.91. The minimum Gasteiger partial charge on any atom is -0.340 e. The molecule has 0 fully saturated rings. The molecule has 1 heterocycles. The van der Waals surface area contributed by atoms with Gasteiger partial charge in [0.2, 0.25) is 0 Å². The molecule has 2 aromatic rings. The van der Waals surface area contributed by atoms with Crippen LogP contribution in [0.3, 0.4) is 0 Å². The third-order valence-electron chi connectivity index (χ3n) is 2.97. The van der Waals surface area contributed by atoms with Crippen LogP contribution < -0.4 is 0 Å². The van der Waals surface area contributed by atoms with Gasteiger partial charge in [-0.25, -0.2) is 4.68 Å². The lowest BCUT2D eigenvalue weighted by Crippen LogP contribution is -2.30. The fourth-order valence-corrected chi connectivity index (χ4v) is 1.91. The molecule has 1 unspecified atom stereocenters. The second-order valence-electron chi connectivity index (χ2n) is 4.72. The highest BCUT2D eigenvalue weighted by Gasteiger charge is 2.16. The van der Waals surface area contributed by atoms with E-state index in [0.29, 0.717) is 12.1 Å². The summed E-state index contributed by atoms with van der Waals surface area (Å²) in [5.41, 5.74) is 1.42. The van der Waals surface area contributed by atoms with Gasteiger partial charge in [0, 0.05) is 19.8 Å². The van der Waals surface area contributed by atoms with Crippen LogP contribution in [0.5, 0.6) is 0 Å². The average Bonchev–Trinajstić information content (AvgIpc) is 2.97.